The van der Waals surface area contributed by atoms with E-state index in [4.69, 9.17) is 11.6 Å². The van der Waals surface area contributed by atoms with E-state index in [1.165, 1.54) is 6.07 Å². The van der Waals surface area contributed by atoms with E-state index >= 15 is 0 Å². The number of aryl methyl sites for hydroxylation is 1. The van der Waals surface area contributed by atoms with Crippen LogP contribution < -0.4 is 5.69 Å². The molecule has 0 fully saturated rings. The molecule has 2 aromatic rings. The zero-order valence-corrected chi connectivity index (χ0v) is 10.6. The minimum atomic E-state index is -0.584. The highest BCUT2D eigenvalue weighted by Crippen LogP contribution is 2.32. The average molecular weight is 284 g/mol. The summed E-state index contributed by atoms with van der Waals surface area (Å²) >= 11 is 6.06. The molecule has 7 nitrogen and oxygen atoms in total. The van der Waals surface area contributed by atoms with Crippen molar-refractivity contribution in [3.05, 3.63) is 54.6 Å². The molecule has 1 aromatic carbocycles. The number of H-pyrrole nitrogens is 2. The van der Waals surface area contributed by atoms with Crippen molar-refractivity contribution in [2.24, 2.45) is 0 Å². The SMILES string of the molecule is Cc1ccc([N+](=O)[O-])c(Cc2[nH]c(=O)[nH]c2O)c1Cl. The van der Waals surface area contributed by atoms with Crippen LogP contribution in [0.2, 0.25) is 5.02 Å². The van der Waals surface area contributed by atoms with E-state index in [9.17, 15) is 20.0 Å². The van der Waals surface area contributed by atoms with Gasteiger partial charge in [-0.25, -0.2) is 4.79 Å². The normalized spacial score (nSPS) is 10.6. The fraction of sp³-hybridized carbons (Fsp3) is 0.182. The Kier molecular flexibility index (Phi) is 3.30. The van der Waals surface area contributed by atoms with Crippen LogP contribution in [-0.2, 0) is 6.42 Å². The molecule has 100 valence electrons. The van der Waals surface area contributed by atoms with Crippen molar-refractivity contribution in [1.82, 2.24) is 9.97 Å². The average Bonchev–Trinajstić information content (AvgIpc) is 2.63. The van der Waals surface area contributed by atoms with Crippen molar-refractivity contribution in [2.45, 2.75) is 13.3 Å². The number of nitro benzene ring substituents is 1. The van der Waals surface area contributed by atoms with Crippen LogP contribution in [-0.4, -0.2) is 20.0 Å². The molecule has 0 bridgehead atoms. The molecule has 19 heavy (non-hydrogen) atoms. The van der Waals surface area contributed by atoms with Crippen molar-refractivity contribution in [3.8, 4) is 5.88 Å². The highest BCUT2D eigenvalue weighted by atomic mass is 35.5. The predicted molar refractivity (Wildman–Crippen MR) is 68.7 cm³/mol. The standard InChI is InChI=1S/C11H10ClN3O4/c1-5-2-3-8(15(18)19)6(9(5)12)4-7-10(16)14-11(17)13-7/h2-3,16H,4H2,1H3,(H2,13,14,17). The van der Waals surface area contributed by atoms with Gasteiger partial charge in [-0.1, -0.05) is 17.7 Å². The lowest BCUT2D eigenvalue weighted by atomic mass is 10.0. The van der Waals surface area contributed by atoms with Crippen LogP contribution >= 0.6 is 11.6 Å². The maximum atomic E-state index is 11.0. The number of aromatic nitrogens is 2. The molecule has 3 N–H and O–H groups in total. The molecule has 0 aliphatic carbocycles. The number of benzene rings is 1. The fourth-order valence-electron chi connectivity index (χ4n) is 1.78. The van der Waals surface area contributed by atoms with E-state index in [-0.39, 0.29) is 34.3 Å². The van der Waals surface area contributed by atoms with E-state index in [0.717, 1.165) is 0 Å². The molecule has 0 spiro atoms. The second kappa shape index (κ2) is 4.77. The van der Waals surface area contributed by atoms with Gasteiger partial charge in [0.2, 0.25) is 5.88 Å². The third-order valence-corrected chi connectivity index (χ3v) is 3.27. The Bertz CT molecular complexity index is 704. The molecular weight excluding hydrogens is 274 g/mol. The lowest BCUT2D eigenvalue weighted by Crippen LogP contribution is -2.03. The molecule has 0 saturated carbocycles. The third kappa shape index (κ3) is 2.45. The molecule has 0 unspecified atom stereocenters. The molecule has 0 saturated heterocycles. The first kappa shape index (κ1) is 13.2. The van der Waals surface area contributed by atoms with Crippen LogP contribution in [0.3, 0.4) is 0 Å². The molecule has 0 radical (unpaired) electrons. The number of nitrogens with one attached hydrogen (secondary N) is 2. The summed E-state index contributed by atoms with van der Waals surface area (Å²) in [7, 11) is 0. The van der Waals surface area contributed by atoms with Gasteiger partial charge in [0, 0.05) is 12.5 Å². The summed E-state index contributed by atoms with van der Waals surface area (Å²) in [4.78, 5) is 26.0. The number of nitro groups is 1. The number of nitrogens with zero attached hydrogens (tertiary/aromatic N) is 1. The van der Waals surface area contributed by atoms with Crippen molar-refractivity contribution < 1.29 is 10.0 Å². The number of hydrogen-bond donors (Lipinski definition) is 3. The van der Waals surface area contributed by atoms with Gasteiger partial charge in [0.1, 0.15) is 0 Å². The van der Waals surface area contributed by atoms with E-state index < -0.39 is 10.6 Å². The van der Waals surface area contributed by atoms with Gasteiger partial charge >= 0.3 is 5.69 Å². The Labute approximate surface area is 112 Å². The van der Waals surface area contributed by atoms with Gasteiger partial charge in [0.25, 0.3) is 5.69 Å². The number of aromatic amines is 2. The summed E-state index contributed by atoms with van der Waals surface area (Å²) in [5.41, 5.74) is 0.341. The van der Waals surface area contributed by atoms with Crippen LogP contribution in [0, 0.1) is 17.0 Å². The van der Waals surface area contributed by atoms with Gasteiger partial charge in [-0.3, -0.25) is 15.1 Å². The Hall–Kier alpha value is -2.28. The van der Waals surface area contributed by atoms with Gasteiger partial charge in [0.05, 0.1) is 21.2 Å². The Morgan fingerprint density at radius 1 is 1.42 bits per heavy atom. The maximum Gasteiger partial charge on any atom is 0.325 e. The minimum Gasteiger partial charge on any atom is -0.493 e. The Morgan fingerprint density at radius 2 is 2.11 bits per heavy atom. The second-order valence-electron chi connectivity index (χ2n) is 4.03. The molecule has 0 amide bonds. The number of rotatable bonds is 3. The van der Waals surface area contributed by atoms with Crippen molar-refractivity contribution in [1.29, 1.82) is 0 Å². The molecular formula is C11H10ClN3O4. The quantitative estimate of drug-likeness (QED) is 0.589. The number of imidazole rings is 1. The molecule has 0 atom stereocenters. The minimum absolute atomic E-state index is 0.0403. The predicted octanol–water partition coefficient (Wildman–Crippen LogP) is 1.87. The van der Waals surface area contributed by atoms with Crippen LogP contribution in [0.5, 0.6) is 5.88 Å². The Balaban J connectivity index is 2.55. The molecule has 0 aliphatic heterocycles. The summed E-state index contributed by atoms with van der Waals surface area (Å²) in [6, 6.07) is 2.89. The van der Waals surface area contributed by atoms with Crippen LogP contribution in [0.4, 0.5) is 5.69 Å². The highest BCUT2D eigenvalue weighted by Gasteiger charge is 2.20. The third-order valence-electron chi connectivity index (χ3n) is 2.74. The number of aromatic hydroxyl groups is 1. The number of halogens is 1. The first-order chi connectivity index (χ1) is 8.90. The van der Waals surface area contributed by atoms with Gasteiger partial charge in [0.15, 0.2) is 0 Å². The largest absolute Gasteiger partial charge is 0.493 e. The van der Waals surface area contributed by atoms with Gasteiger partial charge in [-0.15, -0.1) is 0 Å². The summed E-state index contributed by atoms with van der Waals surface area (Å²) in [6.45, 7) is 1.72. The smallest absolute Gasteiger partial charge is 0.325 e. The van der Waals surface area contributed by atoms with E-state index in [1.807, 2.05) is 0 Å². The summed E-state index contributed by atoms with van der Waals surface area (Å²) < 4.78 is 0. The second-order valence-corrected chi connectivity index (χ2v) is 4.41. The molecule has 8 heteroatoms. The van der Waals surface area contributed by atoms with E-state index in [0.29, 0.717) is 5.56 Å². The highest BCUT2D eigenvalue weighted by molar-refractivity contribution is 6.32. The Morgan fingerprint density at radius 3 is 2.63 bits per heavy atom. The van der Waals surface area contributed by atoms with Crippen molar-refractivity contribution in [2.75, 3.05) is 0 Å². The van der Waals surface area contributed by atoms with Gasteiger partial charge in [-0.05, 0) is 12.5 Å². The maximum absolute atomic E-state index is 11.0. The van der Waals surface area contributed by atoms with Crippen LogP contribution in [0.15, 0.2) is 16.9 Å². The summed E-state index contributed by atoms with van der Waals surface area (Å²) in [5, 5.41) is 20.7. The van der Waals surface area contributed by atoms with Crippen LogP contribution in [0.1, 0.15) is 16.8 Å². The first-order valence-corrected chi connectivity index (χ1v) is 5.70. The van der Waals surface area contributed by atoms with Crippen LogP contribution in [0.25, 0.3) is 0 Å². The zero-order valence-electron chi connectivity index (χ0n) is 9.86. The summed E-state index contributed by atoms with van der Waals surface area (Å²) in [6.07, 6.45) is -0.0403. The first-order valence-electron chi connectivity index (χ1n) is 5.32. The topological polar surface area (TPSA) is 112 Å². The summed E-state index contributed by atoms with van der Waals surface area (Å²) in [5.74, 6) is -0.350. The zero-order chi connectivity index (χ0) is 14.2. The van der Waals surface area contributed by atoms with E-state index in [1.54, 1.807) is 13.0 Å². The fourth-order valence-corrected chi connectivity index (χ4v) is 2.01. The monoisotopic (exact) mass is 283 g/mol. The lowest BCUT2D eigenvalue weighted by Gasteiger charge is -2.07. The van der Waals surface area contributed by atoms with Gasteiger partial charge < -0.3 is 10.1 Å². The van der Waals surface area contributed by atoms with Crippen molar-refractivity contribution in [3.63, 3.8) is 0 Å². The lowest BCUT2D eigenvalue weighted by molar-refractivity contribution is -0.385. The molecule has 1 aromatic heterocycles. The number of hydrogen-bond acceptors (Lipinski definition) is 4. The molecule has 0 aliphatic rings. The van der Waals surface area contributed by atoms with Crippen molar-refractivity contribution >= 4 is 17.3 Å². The molecule has 1 heterocycles. The van der Waals surface area contributed by atoms with E-state index in [2.05, 4.69) is 9.97 Å². The molecule has 2 rings (SSSR count). The van der Waals surface area contributed by atoms with Gasteiger partial charge in [-0.2, -0.15) is 0 Å².